The summed E-state index contributed by atoms with van der Waals surface area (Å²) >= 11 is 0. The predicted molar refractivity (Wildman–Crippen MR) is 101 cm³/mol. The highest BCUT2D eigenvalue weighted by Gasteiger charge is 2.23. The van der Waals surface area contributed by atoms with Crippen LogP contribution in [0.25, 0.3) is 33.5 Å². The number of pyridine rings is 1. The smallest absolute Gasteiger partial charge is 0.135 e. The summed E-state index contributed by atoms with van der Waals surface area (Å²) in [4.78, 5) is 4.55. The van der Waals surface area contributed by atoms with Crippen LogP contribution in [0.4, 0.5) is 0 Å². The zero-order chi connectivity index (χ0) is 16.6. The number of ether oxygens (including phenoxy) is 1. The molecule has 1 aromatic heterocycles. The van der Waals surface area contributed by atoms with Crippen molar-refractivity contribution in [1.29, 1.82) is 0 Å². The lowest BCUT2D eigenvalue weighted by Crippen LogP contribution is -1.91. The summed E-state index contributed by atoms with van der Waals surface area (Å²) < 4.78 is 6.32. The first-order valence-corrected chi connectivity index (χ1v) is 8.33. The van der Waals surface area contributed by atoms with Crippen LogP contribution in [0, 0.1) is 0 Å². The van der Waals surface area contributed by atoms with Crippen LogP contribution in [-0.2, 0) is 0 Å². The molecule has 118 valence electrons. The summed E-state index contributed by atoms with van der Waals surface area (Å²) in [5, 5.41) is 0. The second-order valence-electron chi connectivity index (χ2n) is 6.04. The molecule has 0 atom stereocenters. The number of para-hydroxylation sites is 1. The fourth-order valence-electron chi connectivity index (χ4n) is 3.46. The minimum atomic E-state index is 0.862. The molecule has 0 saturated heterocycles. The van der Waals surface area contributed by atoms with E-state index in [-0.39, 0.29) is 0 Å². The minimum absolute atomic E-state index is 0.862. The Bertz CT molecular complexity index is 1070. The van der Waals surface area contributed by atoms with E-state index in [4.69, 9.17) is 4.74 Å². The van der Waals surface area contributed by atoms with Gasteiger partial charge >= 0.3 is 0 Å². The summed E-state index contributed by atoms with van der Waals surface area (Å²) in [6.07, 6.45) is 1.83. The van der Waals surface area contributed by atoms with Crippen molar-refractivity contribution < 1.29 is 4.74 Å². The topological polar surface area (TPSA) is 22.1 Å². The maximum absolute atomic E-state index is 6.32. The van der Waals surface area contributed by atoms with Crippen LogP contribution in [0.5, 0.6) is 11.5 Å². The Kier molecular flexibility index (Phi) is 3.14. The van der Waals surface area contributed by atoms with E-state index in [1.807, 2.05) is 48.7 Å². The van der Waals surface area contributed by atoms with Gasteiger partial charge in [0.2, 0.25) is 0 Å². The van der Waals surface area contributed by atoms with E-state index in [1.54, 1.807) is 0 Å². The average molecular weight is 321 g/mol. The molecule has 0 amide bonds. The average Bonchev–Trinajstić information content (AvgIpc) is 2.83. The lowest BCUT2D eigenvalue weighted by molar-refractivity contribution is 0.488. The molecule has 0 radical (unpaired) electrons. The summed E-state index contributed by atoms with van der Waals surface area (Å²) in [5.41, 5.74) is 6.58. The molecular weight excluding hydrogens is 306 g/mol. The Hall–Kier alpha value is -3.39. The number of hydrogen-bond donors (Lipinski definition) is 0. The fourth-order valence-corrected chi connectivity index (χ4v) is 3.46. The van der Waals surface area contributed by atoms with Gasteiger partial charge in [-0.05, 0) is 35.4 Å². The summed E-state index contributed by atoms with van der Waals surface area (Å²) in [6, 6.07) is 28.8. The zero-order valence-electron chi connectivity index (χ0n) is 13.5. The van der Waals surface area contributed by atoms with Crippen LogP contribution < -0.4 is 4.74 Å². The number of rotatable bonds is 1. The molecule has 0 spiro atoms. The molecule has 2 heteroatoms. The summed E-state index contributed by atoms with van der Waals surface area (Å²) in [7, 11) is 0. The maximum atomic E-state index is 6.32. The first-order valence-electron chi connectivity index (χ1n) is 8.33. The third-order valence-corrected chi connectivity index (χ3v) is 4.56. The van der Waals surface area contributed by atoms with E-state index >= 15 is 0 Å². The Morgan fingerprint density at radius 3 is 2.04 bits per heavy atom. The SMILES string of the molecule is c1ccc(-c2cccc3c2-c2ccccc2-c2ccccc2O3)nc1. The quantitative estimate of drug-likeness (QED) is 0.367. The van der Waals surface area contributed by atoms with E-state index in [1.165, 1.54) is 11.1 Å². The van der Waals surface area contributed by atoms with Crippen LogP contribution in [0.3, 0.4) is 0 Å². The molecule has 0 bridgehead atoms. The highest BCUT2D eigenvalue weighted by molar-refractivity contribution is 5.96. The third-order valence-electron chi connectivity index (χ3n) is 4.56. The van der Waals surface area contributed by atoms with E-state index in [2.05, 4.69) is 47.4 Å². The molecular formula is C23H15NO. The largest absolute Gasteiger partial charge is 0.456 e. The molecule has 2 heterocycles. The van der Waals surface area contributed by atoms with Crippen molar-refractivity contribution >= 4 is 0 Å². The van der Waals surface area contributed by atoms with E-state index in [0.29, 0.717) is 0 Å². The van der Waals surface area contributed by atoms with Gasteiger partial charge in [-0.15, -0.1) is 0 Å². The molecule has 0 aliphatic carbocycles. The van der Waals surface area contributed by atoms with Crippen LogP contribution in [0.1, 0.15) is 0 Å². The normalized spacial score (nSPS) is 11.5. The van der Waals surface area contributed by atoms with Crippen molar-refractivity contribution in [2.24, 2.45) is 0 Å². The Labute approximate surface area is 146 Å². The molecule has 3 aromatic carbocycles. The van der Waals surface area contributed by atoms with Gasteiger partial charge in [0.25, 0.3) is 0 Å². The molecule has 2 nitrogen and oxygen atoms in total. The van der Waals surface area contributed by atoms with Crippen molar-refractivity contribution in [3.8, 4) is 45.0 Å². The summed E-state index contributed by atoms with van der Waals surface area (Å²) in [5.74, 6) is 1.74. The number of nitrogens with zero attached hydrogens (tertiary/aromatic N) is 1. The van der Waals surface area contributed by atoms with Crippen molar-refractivity contribution in [3.63, 3.8) is 0 Å². The highest BCUT2D eigenvalue weighted by Crippen LogP contribution is 2.49. The van der Waals surface area contributed by atoms with E-state index < -0.39 is 0 Å². The van der Waals surface area contributed by atoms with Crippen LogP contribution in [0.2, 0.25) is 0 Å². The molecule has 25 heavy (non-hydrogen) atoms. The van der Waals surface area contributed by atoms with Crippen molar-refractivity contribution in [1.82, 2.24) is 4.98 Å². The number of aromatic nitrogens is 1. The lowest BCUT2D eigenvalue weighted by Gasteiger charge is -2.14. The molecule has 0 unspecified atom stereocenters. The van der Waals surface area contributed by atoms with Gasteiger partial charge in [0, 0.05) is 22.9 Å². The first kappa shape index (κ1) is 14.0. The Balaban J connectivity index is 1.88. The van der Waals surface area contributed by atoms with E-state index in [0.717, 1.165) is 33.9 Å². The molecule has 0 saturated carbocycles. The molecule has 1 aliphatic heterocycles. The Morgan fingerprint density at radius 1 is 0.520 bits per heavy atom. The second-order valence-corrected chi connectivity index (χ2v) is 6.04. The predicted octanol–water partition coefficient (Wildman–Crippen LogP) is 6.19. The van der Waals surface area contributed by atoms with Crippen LogP contribution >= 0.6 is 0 Å². The van der Waals surface area contributed by atoms with Gasteiger partial charge < -0.3 is 4.74 Å². The van der Waals surface area contributed by atoms with Gasteiger partial charge in [0.15, 0.2) is 0 Å². The minimum Gasteiger partial charge on any atom is -0.456 e. The number of hydrogen-bond acceptors (Lipinski definition) is 2. The zero-order valence-corrected chi connectivity index (χ0v) is 13.5. The Morgan fingerprint density at radius 2 is 1.20 bits per heavy atom. The standard InChI is InChI=1S/C23H15NO/c1-2-10-18-16(8-1)17-9-3-4-13-21(17)25-22-14-7-11-19(23(18)22)20-12-5-6-15-24-20/h1-15H. The maximum Gasteiger partial charge on any atom is 0.135 e. The molecule has 4 aromatic rings. The molecule has 0 fully saturated rings. The van der Waals surface area contributed by atoms with Gasteiger partial charge in [-0.1, -0.05) is 60.7 Å². The summed E-state index contributed by atoms with van der Waals surface area (Å²) in [6.45, 7) is 0. The van der Waals surface area contributed by atoms with Crippen LogP contribution in [0.15, 0.2) is 91.1 Å². The third kappa shape index (κ3) is 2.23. The second kappa shape index (κ2) is 5.60. The monoisotopic (exact) mass is 321 g/mol. The van der Waals surface area contributed by atoms with Gasteiger partial charge in [-0.3, -0.25) is 4.98 Å². The van der Waals surface area contributed by atoms with Crippen LogP contribution in [-0.4, -0.2) is 4.98 Å². The lowest BCUT2D eigenvalue weighted by atomic mass is 9.91. The van der Waals surface area contributed by atoms with Gasteiger partial charge in [0.05, 0.1) is 5.69 Å². The van der Waals surface area contributed by atoms with Crippen molar-refractivity contribution in [2.45, 2.75) is 0 Å². The van der Waals surface area contributed by atoms with Crippen molar-refractivity contribution in [3.05, 3.63) is 91.1 Å². The van der Waals surface area contributed by atoms with Crippen molar-refractivity contribution in [2.75, 3.05) is 0 Å². The molecule has 0 N–H and O–H groups in total. The molecule has 5 rings (SSSR count). The highest BCUT2D eigenvalue weighted by atomic mass is 16.5. The molecule has 1 aliphatic rings. The van der Waals surface area contributed by atoms with Gasteiger partial charge in [-0.25, -0.2) is 0 Å². The first-order chi connectivity index (χ1) is 12.4. The van der Waals surface area contributed by atoms with Gasteiger partial charge in [-0.2, -0.15) is 0 Å². The number of fused-ring (bicyclic) bond motifs is 5. The fraction of sp³-hybridized carbons (Fsp3) is 0. The van der Waals surface area contributed by atoms with E-state index in [9.17, 15) is 0 Å². The number of benzene rings is 3. The van der Waals surface area contributed by atoms with Gasteiger partial charge in [0.1, 0.15) is 11.5 Å².